The third-order valence-electron chi connectivity index (χ3n) is 14.8. The summed E-state index contributed by atoms with van der Waals surface area (Å²) in [7, 11) is 0. The first-order chi connectivity index (χ1) is 34.7. The SMILES string of the molecule is C1=C(c2cccc3ccccc23)N2c3cc(-c4cccc(-c5cccnc5)c4)cc(-c4ccc5c(c4)C(c4ccccc4)(c4ccccc4)c4ccccc4-5)c3NC2N=C1c1cccc2ccccc12. The van der Waals surface area contributed by atoms with Crippen LogP contribution in [0, 0.1) is 0 Å². The molecule has 4 heteroatoms. The highest BCUT2D eigenvalue weighted by Crippen LogP contribution is 2.58. The Morgan fingerprint density at radius 3 is 1.76 bits per heavy atom. The molecular weight excluding hydrogens is 849 g/mol. The first kappa shape index (κ1) is 40.0. The average molecular weight is 893 g/mol. The zero-order chi connectivity index (χ0) is 46.2. The highest BCUT2D eigenvalue weighted by molar-refractivity contribution is 6.22. The number of aliphatic imine (C=N–C) groups is 1. The molecule has 0 spiro atoms. The quantitative estimate of drug-likeness (QED) is 0.173. The average Bonchev–Trinajstić information content (AvgIpc) is 3.96. The Kier molecular flexibility index (Phi) is 9.15. The van der Waals surface area contributed by atoms with Gasteiger partial charge in [0, 0.05) is 34.6 Å². The fourth-order valence-electron chi connectivity index (χ4n) is 11.7. The van der Waals surface area contributed by atoms with Crippen LogP contribution in [0.15, 0.2) is 260 Å². The van der Waals surface area contributed by atoms with Gasteiger partial charge in [-0.3, -0.25) is 9.88 Å². The Morgan fingerprint density at radius 2 is 1.01 bits per heavy atom. The Bertz CT molecular complexity index is 3880. The van der Waals surface area contributed by atoms with Gasteiger partial charge in [-0.05, 0) is 114 Å². The molecule has 1 atom stereocenters. The van der Waals surface area contributed by atoms with Gasteiger partial charge in [-0.2, -0.15) is 0 Å². The van der Waals surface area contributed by atoms with Gasteiger partial charge in [0.15, 0.2) is 0 Å². The number of anilines is 2. The third kappa shape index (κ3) is 6.16. The van der Waals surface area contributed by atoms with Gasteiger partial charge < -0.3 is 5.32 Å². The molecule has 0 bridgehead atoms. The van der Waals surface area contributed by atoms with Crippen molar-refractivity contribution in [3.8, 4) is 44.5 Å². The van der Waals surface area contributed by atoms with Gasteiger partial charge in [0.1, 0.15) is 0 Å². The molecule has 3 aliphatic rings. The molecule has 1 aromatic heterocycles. The highest BCUT2D eigenvalue weighted by Gasteiger charge is 2.46. The molecule has 1 N–H and O–H groups in total. The van der Waals surface area contributed by atoms with Crippen LogP contribution in [0.5, 0.6) is 0 Å². The molecule has 328 valence electrons. The fourth-order valence-corrected chi connectivity index (χ4v) is 11.7. The number of aromatic nitrogens is 1. The summed E-state index contributed by atoms with van der Waals surface area (Å²) in [4.78, 5) is 12.6. The molecule has 1 aliphatic carbocycles. The second-order valence-corrected chi connectivity index (χ2v) is 18.5. The molecule has 0 radical (unpaired) electrons. The van der Waals surface area contributed by atoms with Crippen LogP contribution in [-0.4, -0.2) is 17.0 Å². The molecule has 0 saturated carbocycles. The van der Waals surface area contributed by atoms with Crippen molar-refractivity contribution in [1.29, 1.82) is 0 Å². The van der Waals surface area contributed by atoms with Crippen molar-refractivity contribution in [3.63, 3.8) is 0 Å². The van der Waals surface area contributed by atoms with Gasteiger partial charge in [0.05, 0.1) is 28.2 Å². The van der Waals surface area contributed by atoms with E-state index in [4.69, 9.17) is 4.99 Å². The van der Waals surface area contributed by atoms with Crippen LogP contribution in [-0.2, 0) is 5.41 Å². The molecule has 10 aromatic carbocycles. The number of benzene rings is 10. The number of hydrogen-bond donors (Lipinski definition) is 1. The van der Waals surface area contributed by atoms with Crippen molar-refractivity contribution < 1.29 is 0 Å². The van der Waals surface area contributed by atoms with Crippen LogP contribution >= 0.6 is 0 Å². The van der Waals surface area contributed by atoms with Crippen molar-refractivity contribution in [1.82, 2.24) is 4.98 Å². The molecule has 0 saturated heterocycles. The minimum Gasteiger partial charge on any atom is -0.344 e. The van der Waals surface area contributed by atoms with E-state index in [0.29, 0.717) is 0 Å². The van der Waals surface area contributed by atoms with Gasteiger partial charge in [-0.25, -0.2) is 4.99 Å². The van der Waals surface area contributed by atoms with Crippen molar-refractivity contribution in [2.45, 2.75) is 11.7 Å². The van der Waals surface area contributed by atoms with E-state index < -0.39 is 11.7 Å². The molecule has 70 heavy (non-hydrogen) atoms. The number of fused-ring (bicyclic) bond motifs is 8. The minimum absolute atomic E-state index is 0.426. The van der Waals surface area contributed by atoms with E-state index >= 15 is 0 Å². The predicted octanol–water partition coefficient (Wildman–Crippen LogP) is 15.8. The van der Waals surface area contributed by atoms with E-state index in [1.54, 1.807) is 0 Å². The van der Waals surface area contributed by atoms with Gasteiger partial charge in [-0.1, -0.05) is 206 Å². The van der Waals surface area contributed by atoms with Gasteiger partial charge in [0.2, 0.25) is 6.29 Å². The Labute approximate surface area is 407 Å². The molecule has 3 heterocycles. The van der Waals surface area contributed by atoms with Crippen molar-refractivity contribution in [2.24, 2.45) is 4.99 Å². The van der Waals surface area contributed by atoms with Gasteiger partial charge in [-0.15, -0.1) is 0 Å². The van der Waals surface area contributed by atoms with E-state index in [9.17, 15) is 0 Å². The first-order valence-corrected chi connectivity index (χ1v) is 24.1. The van der Waals surface area contributed by atoms with Crippen LogP contribution in [0.2, 0.25) is 0 Å². The molecule has 0 fully saturated rings. The standard InChI is InChI=1S/C66H44N4/c1-3-24-50(25-4-1)66(51-26-5-2-6-27-51)59-33-12-11-30-54(59)55-35-34-47(39-60(55)66)58-38-49(46-22-13-21-45(37-46)48-23-16-36-67-42-48)40-63-64(58)69-65-68-61(56-31-14-19-43-17-7-9-28-52(43)56)41-62(70(63)65)57-32-15-20-44-18-8-10-29-53(44)57/h1-42,65,69H. The lowest BCUT2D eigenvalue weighted by molar-refractivity contribution is 0.769. The molecule has 0 amide bonds. The fraction of sp³-hybridized carbons (Fsp3) is 0.0303. The molecule has 14 rings (SSSR count). The third-order valence-corrected chi connectivity index (χ3v) is 14.8. The maximum atomic E-state index is 5.66. The largest absolute Gasteiger partial charge is 0.344 e. The zero-order valence-corrected chi connectivity index (χ0v) is 38.2. The Hall–Kier alpha value is -9.12. The first-order valence-electron chi connectivity index (χ1n) is 24.1. The maximum Gasteiger partial charge on any atom is 0.201 e. The summed E-state index contributed by atoms with van der Waals surface area (Å²) in [5, 5.41) is 8.83. The number of nitrogens with one attached hydrogen (secondary N) is 1. The highest BCUT2D eigenvalue weighted by atomic mass is 15.4. The van der Waals surface area contributed by atoms with Crippen LogP contribution in [0.3, 0.4) is 0 Å². The number of rotatable bonds is 7. The van der Waals surface area contributed by atoms with Gasteiger partial charge in [0.25, 0.3) is 0 Å². The predicted molar refractivity (Wildman–Crippen MR) is 290 cm³/mol. The monoisotopic (exact) mass is 892 g/mol. The second kappa shape index (κ2) is 16.0. The van der Waals surface area contributed by atoms with Crippen molar-refractivity contribution in [2.75, 3.05) is 10.2 Å². The summed E-state index contributed by atoms with van der Waals surface area (Å²) in [5.74, 6) is 0. The number of nitrogens with zero attached hydrogens (tertiary/aromatic N) is 3. The molecule has 4 nitrogen and oxygen atoms in total. The molecular formula is C66H44N4. The van der Waals surface area contributed by atoms with Crippen molar-refractivity contribution >= 4 is 44.3 Å². The zero-order valence-electron chi connectivity index (χ0n) is 38.2. The minimum atomic E-state index is -0.546. The number of hydrogen-bond acceptors (Lipinski definition) is 4. The summed E-state index contributed by atoms with van der Waals surface area (Å²) in [6.07, 6.45) is 5.66. The van der Waals surface area contributed by atoms with Crippen LogP contribution in [0.25, 0.3) is 71.7 Å². The molecule has 2 aliphatic heterocycles. The summed E-state index contributed by atoms with van der Waals surface area (Å²) >= 11 is 0. The maximum absolute atomic E-state index is 5.66. The van der Waals surface area contributed by atoms with E-state index in [2.05, 4.69) is 252 Å². The Morgan fingerprint density at radius 1 is 0.414 bits per heavy atom. The van der Waals surface area contributed by atoms with Crippen LogP contribution in [0.1, 0.15) is 33.4 Å². The number of pyridine rings is 1. The summed E-state index contributed by atoms with van der Waals surface area (Å²) in [6, 6.07) is 86.6. The molecule has 11 aromatic rings. The summed E-state index contributed by atoms with van der Waals surface area (Å²) in [5.41, 5.74) is 20.1. The lowest BCUT2D eigenvalue weighted by Crippen LogP contribution is -2.37. The van der Waals surface area contributed by atoms with Crippen LogP contribution < -0.4 is 10.2 Å². The lowest BCUT2D eigenvalue weighted by Gasteiger charge is -2.34. The lowest BCUT2D eigenvalue weighted by atomic mass is 9.67. The van der Waals surface area contributed by atoms with E-state index in [1.165, 1.54) is 54.9 Å². The second-order valence-electron chi connectivity index (χ2n) is 18.5. The smallest absolute Gasteiger partial charge is 0.201 e. The topological polar surface area (TPSA) is 40.5 Å². The van der Waals surface area contributed by atoms with E-state index in [1.807, 2.05) is 18.5 Å². The van der Waals surface area contributed by atoms with Crippen molar-refractivity contribution in [3.05, 3.63) is 288 Å². The molecule has 1 unspecified atom stereocenters. The Balaban J connectivity index is 1.03. The van der Waals surface area contributed by atoms with E-state index in [0.717, 1.165) is 67.3 Å². The van der Waals surface area contributed by atoms with Crippen LogP contribution in [0.4, 0.5) is 11.4 Å². The summed E-state index contributed by atoms with van der Waals surface area (Å²) in [6.45, 7) is 0. The van der Waals surface area contributed by atoms with E-state index in [-0.39, 0.29) is 0 Å². The number of allylic oxidation sites excluding steroid dienone is 1. The van der Waals surface area contributed by atoms with Gasteiger partial charge >= 0.3 is 0 Å². The normalized spacial score (nSPS) is 15.1. The summed E-state index contributed by atoms with van der Waals surface area (Å²) < 4.78 is 0.